The zero-order valence-corrected chi connectivity index (χ0v) is 18.9. The number of piperidine rings is 1. The van der Waals surface area contributed by atoms with Crippen molar-refractivity contribution in [2.45, 2.75) is 56.7 Å². The van der Waals surface area contributed by atoms with E-state index in [9.17, 15) is 5.11 Å². The molecule has 2 aliphatic rings. The summed E-state index contributed by atoms with van der Waals surface area (Å²) >= 11 is 0. The molecule has 1 aliphatic carbocycles. The number of ether oxygens (including phenoxy) is 1. The molecule has 0 radical (unpaired) electrons. The number of hydrogen-bond acceptors (Lipinski definition) is 8. The summed E-state index contributed by atoms with van der Waals surface area (Å²) in [6.45, 7) is 4.43. The van der Waals surface area contributed by atoms with Crippen molar-refractivity contribution in [2.75, 3.05) is 0 Å². The molecule has 0 bridgehead atoms. The molecule has 1 unspecified atom stereocenters. The SMILES string of the molecule is CC1(C)CC(Oc2ccc(-c3ncc(-n4nccn4)cc3O)nn2)CC2(CC2)N1.Cl.Cl. The summed E-state index contributed by atoms with van der Waals surface area (Å²) in [5.74, 6) is 0.475. The van der Waals surface area contributed by atoms with Crippen LogP contribution in [-0.2, 0) is 0 Å². The third-order valence-electron chi connectivity index (χ3n) is 5.49. The molecule has 5 rings (SSSR count). The zero-order valence-electron chi connectivity index (χ0n) is 17.2. The number of nitrogens with zero attached hydrogens (tertiary/aromatic N) is 6. The Balaban J connectivity index is 0.00000136. The number of aromatic nitrogens is 6. The van der Waals surface area contributed by atoms with Gasteiger partial charge in [0.15, 0.2) is 0 Å². The van der Waals surface area contributed by atoms with Crippen molar-refractivity contribution in [3.63, 3.8) is 0 Å². The van der Waals surface area contributed by atoms with Crippen molar-refractivity contribution in [2.24, 2.45) is 0 Å². The van der Waals surface area contributed by atoms with Gasteiger partial charge in [-0.15, -0.1) is 39.8 Å². The molecule has 11 heteroatoms. The molecule has 3 aromatic heterocycles. The number of halogens is 2. The van der Waals surface area contributed by atoms with Crippen molar-refractivity contribution in [1.29, 1.82) is 0 Å². The number of nitrogens with one attached hydrogen (secondary N) is 1. The number of rotatable bonds is 4. The topological polar surface area (TPSA) is 111 Å². The van der Waals surface area contributed by atoms with Crippen LogP contribution in [0.2, 0.25) is 0 Å². The molecule has 2 fully saturated rings. The zero-order chi connectivity index (χ0) is 20.1. The summed E-state index contributed by atoms with van der Waals surface area (Å²) < 4.78 is 6.14. The number of hydrogen-bond donors (Lipinski definition) is 2. The molecule has 0 amide bonds. The monoisotopic (exact) mass is 465 g/mol. The Morgan fingerprint density at radius 3 is 2.45 bits per heavy atom. The highest BCUT2D eigenvalue weighted by atomic mass is 35.5. The first-order chi connectivity index (χ1) is 13.9. The van der Waals surface area contributed by atoms with E-state index in [4.69, 9.17) is 4.74 Å². The van der Waals surface area contributed by atoms with E-state index in [1.807, 2.05) is 0 Å². The predicted molar refractivity (Wildman–Crippen MR) is 119 cm³/mol. The summed E-state index contributed by atoms with van der Waals surface area (Å²) in [5.41, 5.74) is 1.67. The fourth-order valence-corrected chi connectivity index (χ4v) is 4.24. The molecule has 31 heavy (non-hydrogen) atoms. The van der Waals surface area contributed by atoms with E-state index >= 15 is 0 Å². The van der Waals surface area contributed by atoms with Crippen LogP contribution in [0.4, 0.5) is 0 Å². The van der Waals surface area contributed by atoms with Crippen molar-refractivity contribution in [3.8, 4) is 28.7 Å². The second kappa shape index (κ2) is 8.57. The Kier molecular flexibility index (Phi) is 6.40. The fourth-order valence-electron chi connectivity index (χ4n) is 4.24. The molecule has 1 saturated heterocycles. The van der Waals surface area contributed by atoms with E-state index in [0.29, 0.717) is 23.0 Å². The molecule has 3 aromatic rings. The molecule has 9 nitrogen and oxygen atoms in total. The standard InChI is InChI=1S/C20H23N7O2.2ClH/c1-19(2)10-14(11-20(26-19)5-6-20)29-17-4-3-15(24-25-17)18-16(28)9-13(12-21-18)27-22-7-8-23-27;;/h3-4,7-9,12,14,26,28H,5-6,10-11H2,1-2H3;2*1H. The quantitative estimate of drug-likeness (QED) is 0.604. The first kappa shape index (κ1) is 23.2. The van der Waals surface area contributed by atoms with Crippen LogP contribution in [0.25, 0.3) is 17.1 Å². The molecular formula is C20H25Cl2N7O2. The van der Waals surface area contributed by atoms with Crippen LogP contribution >= 0.6 is 24.8 Å². The first-order valence-electron chi connectivity index (χ1n) is 9.77. The maximum Gasteiger partial charge on any atom is 0.233 e. The molecule has 1 saturated carbocycles. The lowest BCUT2D eigenvalue weighted by molar-refractivity contribution is 0.0737. The summed E-state index contributed by atoms with van der Waals surface area (Å²) in [6, 6.07) is 5.08. The van der Waals surface area contributed by atoms with Gasteiger partial charge in [-0.05, 0) is 32.8 Å². The minimum Gasteiger partial charge on any atom is -0.506 e. The summed E-state index contributed by atoms with van der Waals surface area (Å²) in [6.07, 6.45) is 9.13. The highest BCUT2D eigenvalue weighted by Crippen LogP contribution is 2.46. The van der Waals surface area contributed by atoms with E-state index in [1.165, 1.54) is 17.6 Å². The third kappa shape index (κ3) is 4.89. The van der Waals surface area contributed by atoms with Gasteiger partial charge in [0.25, 0.3) is 0 Å². The Bertz CT molecular complexity index is 1020. The van der Waals surface area contributed by atoms with Gasteiger partial charge in [0, 0.05) is 36.1 Å². The van der Waals surface area contributed by atoms with Crippen molar-refractivity contribution in [1.82, 2.24) is 35.5 Å². The van der Waals surface area contributed by atoms with E-state index in [2.05, 4.69) is 44.5 Å². The van der Waals surface area contributed by atoms with Gasteiger partial charge in [-0.1, -0.05) is 0 Å². The minimum absolute atomic E-state index is 0. The Hall–Kier alpha value is -2.49. The van der Waals surface area contributed by atoms with Crippen LogP contribution < -0.4 is 10.1 Å². The lowest BCUT2D eigenvalue weighted by Gasteiger charge is -2.41. The van der Waals surface area contributed by atoms with E-state index in [-0.39, 0.29) is 47.7 Å². The minimum atomic E-state index is -0.0152. The second-order valence-corrected chi connectivity index (χ2v) is 8.57. The van der Waals surface area contributed by atoms with Gasteiger partial charge in [0.2, 0.25) is 5.88 Å². The maximum atomic E-state index is 10.4. The molecule has 2 N–H and O–H groups in total. The van der Waals surface area contributed by atoms with Crippen LogP contribution in [0.15, 0.2) is 36.8 Å². The Labute approximate surface area is 192 Å². The summed E-state index contributed by atoms with van der Waals surface area (Å²) in [5, 5.41) is 30.6. The highest BCUT2D eigenvalue weighted by Gasteiger charge is 2.51. The highest BCUT2D eigenvalue weighted by molar-refractivity contribution is 5.85. The second-order valence-electron chi connectivity index (χ2n) is 8.57. The summed E-state index contributed by atoms with van der Waals surface area (Å²) in [7, 11) is 0. The molecule has 4 heterocycles. The molecule has 1 aliphatic heterocycles. The van der Waals surface area contributed by atoms with Gasteiger partial charge >= 0.3 is 0 Å². The van der Waals surface area contributed by atoms with Gasteiger partial charge in [-0.2, -0.15) is 10.2 Å². The average molecular weight is 466 g/mol. The van der Waals surface area contributed by atoms with Crippen LogP contribution in [-0.4, -0.2) is 52.5 Å². The molecule has 1 atom stereocenters. The van der Waals surface area contributed by atoms with Gasteiger partial charge in [0.1, 0.15) is 28.9 Å². The fraction of sp³-hybridized carbons (Fsp3) is 0.450. The van der Waals surface area contributed by atoms with Crippen LogP contribution in [0.5, 0.6) is 11.6 Å². The Morgan fingerprint density at radius 2 is 1.84 bits per heavy atom. The molecule has 166 valence electrons. The predicted octanol–water partition coefficient (Wildman–Crippen LogP) is 3.11. The van der Waals surface area contributed by atoms with Crippen LogP contribution in [0.3, 0.4) is 0 Å². The molecule has 1 spiro atoms. The van der Waals surface area contributed by atoms with E-state index < -0.39 is 0 Å². The van der Waals surface area contributed by atoms with Crippen LogP contribution in [0.1, 0.15) is 39.5 Å². The van der Waals surface area contributed by atoms with E-state index in [1.54, 1.807) is 36.8 Å². The van der Waals surface area contributed by atoms with E-state index in [0.717, 1.165) is 12.8 Å². The average Bonchev–Trinajstić information content (AvgIpc) is 3.17. The Morgan fingerprint density at radius 1 is 1.10 bits per heavy atom. The number of pyridine rings is 1. The van der Waals surface area contributed by atoms with Crippen molar-refractivity contribution >= 4 is 24.8 Å². The largest absolute Gasteiger partial charge is 0.506 e. The van der Waals surface area contributed by atoms with Crippen molar-refractivity contribution in [3.05, 3.63) is 36.8 Å². The third-order valence-corrected chi connectivity index (χ3v) is 5.49. The van der Waals surface area contributed by atoms with Gasteiger partial charge in [-0.25, -0.2) is 4.98 Å². The normalized spacial score (nSPS) is 20.4. The van der Waals surface area contributed by atoms with Gasteiger partial charge in [-0.3, -0.25) is 0 Å². The van der Waals surface area contributed by atoms with Gasteiger partial charge in [0.05, 0.1) is 18.6 Å². The van der Waals surface area contributed by atoms with Crippen LogP contribution in [0, 0.1) is 0 Å². The van der Waals surface area contributed by atoms with Gasteiger partial charge < -0.3 is 15.2 Å². The first-order valence-corrected chi connectivity index (χ1v) is 9.77. The lowest BCUT2D eigenvalue weighted by Crippen LogP contribution is -2.56. The lowest BCUT2D eigenvalue weighted by atomic mass is 9.85. The molecule has 0 aromatic carbocycles. The van der Waals surface area contributed by atoms with Crippen molar-refractivity contribution < 1.29 is 9.84 Å². The maximum absolute atomic E-state index is 10.4. The molecular weight excluding hydrogens is 441 g/mol. The number of aromatic hydroxyl groups is 1. The summed E-state index contributed by atoms with van der Waals surface area (Å²) in [4.78, 5) is 5.67. The smallest absolute Gasteiger partial charge is 0.233 e.